The Hall–Kier alpha value is -1.57. The molecule has 0 radical (unpaired) electrons. The normalized spacial score (nSPS) is 10.8. The Morgan fingerprint density at radius 1 is 1.61 bits per heavy atom. The summed E-state index contributed by atoms with van der Waals surface area (Å²) in [6.45, 7) is 0. The number of carboxylic acid groups (broad SMARTS) is 1. The Labute approximate surface area is 112 Å². The molecule has 0 saturated carbocycles. The molecule has 0 amide bonds. The molecule has 96 valence electrons. The number of hydrogen-bond acceptors (Lipinski definition) is 4. The Morgan fingerprint density at radius 3 is 2.67 bits per heavy atom. The van der Waals surface area contributed by atoms with Gasteiger partial charge in [-0.3, -0.25) is 4.79 Å². The van der Waals surface area contributed by atoms with Crippen LogP contribution in [0.1, 0.15) is 11.3 Å². The molecule has 0 spiro atoms. The number of aliphatic carboxylic acids is 1. The molecule has 9 heteroatoms. The molecular formula is C9H4F3IN2O3. The Balaban J connectivity index is 3.28. The highest BCUT2D eigenvalue weighted by Crippen LogP contribution is 2.32. The summed E-state index contributed by atoms with van der Waals surface area (Å²) in [7, 11) is 0. The fourth-order valence-corrected chi connectivity index (χ4v) is 1.78. The second-order valence-electron chi connectivity index (χ2n) is 3.01. The van der Waals surface area contributed by atoms with Gasteiger partial charge >= 0.3 is 12.3 Å². The largest absolute Gasteiger partial charge is 0.573 e. The average Bonchev–Trinajstić information content (AvgIpc) is 2.22. The maximum Gasteiger partial charge on any atom is 0.573 e. The van der Waals surface area contributed by atoms with Crippen LogP contribution < -0.4 is 4.74 Å². The Kier molecular flexibility index (Phi) is 4.33. The number of carboxylic acids is 1. The minimum absolute atomic E-state index is 0.0429. The minimum atomic E-state index is -4.98. The Morgan fingerprint density at radius 2 is 2.22 bits per heavy atom. The van der Waals surface area contributed by atoms with Crippen LogP contribution in [0.25, 0.3) is 0 Å². The molecule has 1 heterocycles. The molecule has 18 heavy (non-hydrogen) atoms. The zero-order chi connectivity index (χ0) is 13.9. The van der Waals surface area contributed by atoms with Gasteiger partial charge in [-0.15, -0.1) is 13.2 Å². The van der Waals surface area contributed by atoms with Crippen LogP contribution in [-0.4, -0.2) is 22.4 Å². The lowest BCUT2D eigenvalue weighted by molar-refractivity contribution is -0.275. The van der Waals surface area contributed by atoms with E-state index in [-0.39, 0.29) is 9.13 Å². The van der Waals surface area contributed by atoms with Gasteiger partial charge in [-0.1, -0.05) is 0 Å². The van der Waals surface area contributed by atoms with Gasteiger partial charge < -0.3 is 9.84 Å². The van der Waals surface area contributed by atoms with Crippen molar-refractivity contribution in [3.05, 3.63) is 21.0 Å². The van der Waals surface area contributed by atoms with Crippen LogP contribution in [0.3, 0.4) is 0 Å². The van der Waals surface area contributed by atoms with Crippen molar-refractivity contribution in [3.8, 4) is 11.8 Å². The zero-order valence-electron chi connectivity index (χ0n) is 8.45. The molecule has 0 unspecified atom stereocenters. The fourth-order valence-electron chi connectivity index (χ4n) is 1.08. The van der Waals surface area contributed by atoms with E-state index >= 15 is 0 Å². The number of rotatable bonds is 3. The second kappa shape index (κ2) is 5.38. The van der Waals surface area contributed by atoms with Crippen molar-refractivity contribution in [2.45, 2.75) is 12.8 Å². The van der Waals surface area contributed by atoms with Crippen LogP contribution in [0, 0.1) is 14.9 Å². The molecule has 1 rings (SSSR count). The summed E-state index contributed by atoms with van der Waals surface area (Å²) in [5.41, 5.74) is -0.507. The van der Waals surface area contributed by atoms with Crippen LogP contribution in [0.4, 0.5) is 13.2 Å². The zero-order valence-corrected chi connectivity index (χ0v) is 10.6. The molecule has 1 aromatic rings. The van der Waals surface area contributed by atoms with Crippen LogP contribution >= 0.6 is 22.6 Å². The van der Waals surface area contributed by atoms with Crippen molar-refractivity contribution < 1.29 is 27.8 Å². The van der Waals surface area contributed by atoms with E-state index in [1.165, 1.54) is 28.7 Å². The van der Waals surface area contributed by atoms with Crippen molar-refractivity contribution in [1.82, 2.24) is 4.98 Å². The number of ether oxygens (including phenoxy) is 1. The summed E-state index contributed by atoms with van der Waals surface area (Å²) in [6, 6.07) is 1.45. The third-order valence-corrected chi connectivity index (χ3v) is 2.89. The fraction of sp³-hybridized carbons (Fsp3) is 0.222. The maximum absolute atomic E-state index is 12.2. The third-order valence-electron chi connectivity index (χ3n) is 1.71. The van der Waals surface area contributed by atoms with Crippen molar-refractivity contribution >= 4 is 28.6 Å². The quantitative estimate of drug-likeness (QED) is 0.822. The van der Waals surface area contributed by atoms with Crippen LogP contribution in [0.5, 0.6) is 5.75 Å². The van der Waals surface area contributed by atoms with E-state index in [0.717, 1.165) is 6.20 Å². The van der Waals surface area contributed by atoms with Gasteiger partial charge in [0, 0.05) is 6.20 Å². The number of carbonyl (C=O) groups is 1. The van der Waals surface area contributed by atoms with Gasteiger partial charge in [0.2, 0.25) is 0 Å². The molecule has 0 atom stereocenters. The van der Waals surface area contributed by atoms with Crippen LogP contribution in [-0.2, 0) is 11.2 Å². The first-order valence-corrected chi connectivity index (χ1v) is 5.37. The smallest absolute Gasteiger partial charge is 0.481 e. The van der Waals surface area contributed by atoms with E-state index in [9.17, 15) is 18.0 Å². The Bertz CT molecular complexity index is 525. The lowest BCUT2D eigenvalue weighted by Gasteiger charge is -2.13. The standard InChI is InChI=1S/C9H4F3IN2O3/c10-9(11,12)18-8-5(2-14)15-3-4(7(8)13)1-6(16)17/h3H,1H2,(H,16,17). The monoisotopic (exact) mass is 372 g/mol. The van der Waals surface area contributed by atoms with E-state index < -0.39 is 30.2 Å². The van der Waals surface area contributed by atoms with Crippen molar-refractivity contribution in [2.75, 3.05) is 0 Å². The molecule has 0 aromatic carbocycles. The summed E-state index contributed by atoms with van der Waals surface area (Å²) in [4.78, 5) is 14.0. The van der Waals surface area contributed by atoms with Crippen molar-refractivity contribution in [1.29, 1.82) is 5.26 Å². The molecule has 0 saturated heterocycles. The first kappa shape index (κ1) is 14.5. The second-order valence-corrected chi connectivity index (χ2v) is 4.08. The predicted octanol–water partition coefficient (Wildman–Crippen LogP) is 2.08. The average molecular weight is 372 g/mol. The predicted molar refractivity (Wildman–Crippen MR) is 59.7 cm³/mol. The highest BCUT2D eigenvalue weighted by Gasteiger charge is 2.34. The van der Waals surface area contributed by atoms with E-state index in [4.69, 9.17) is 10.4 Å². The molecule has 0 aliphatic rings. The summed E-state index contributed by atoms with van der Waals surface area (Å²) >= 11 is 1.48. The van der Waals surface area contributed by atoms with Gasteiger partial charge in [0.25, 0.3) is 0 Å². The molecule has 1 N–H and O–H groups in total. The lowest BCUT2D eigenvalue weighted by Crippen LogP contribution is -2.19. The highest BCUT2D eigenvalue weighted by atomic mass is 127. The first-order valence-electron chi connectivity index (χ1n) is 4.29. The molecule has 1 aromatic heterocycles. The van der Waals surface area contributed by atoms with Gasteiger partial charge in [0.05, 0.1) is 9.99 Å². The van der Waals surface area contributed by atoms with Crippen LogP contribution in [0.15, 0.2) is 6.20 Å². The van der Waals surface area contributed by atoms with E-state index in [1.54, 1.807) is 0 Å². The molecule has 0 aliphatic heterocycles. The molecule has 0 bridgehead atoms. The van der Waals surface area contributed by atoms with Gasteiger partial charge in [-0.25, -0.2) is 4.98 Å². The van der Waals surface area contributed by atoms with Gasteiger partial charge in [0.1, 0.15) is 6.07 Å². The molecule has 0 aliphatic carbocycles. The van der Waals surface area contributed by atoms with Gasteiger partial charge in [-0.05, 0) is 28.2 Å². The number of halogens is 4. The number of aromatic nitrogens is 1. The number of pyridine rings is 1. The number of nitriles is 1. The SMILES string of the molecule is N#Cc1ncc(CC(=O)O)c(I)c1OC(F)(F)F. The van der Waals surface area contributed by atoms with Gasteiger partial charge in [0.15, 0.2) is 11.4 Å². The summed E-state index contributed by atoms with van der Waals surface area (Å²) in [5.74, 6) is -2.00. The van der Waals surface area contributed by atoms with Gasteiger partial charge in [-0.2, -0.15) is 5.26 Å². The van der Waals surface area contributed by atoms with E-state index in [1.807, 2.05) is 0 Å². The first-order chi connectivity index (χ1) is 8.24. The maximum atomic E-state index is 12.2. The van der Waals surface area contributed by atoms with E-state index in [2.05, 4.69) is 9.72 Å². The number of alkyl halides is 3. The number of hydrogen-bond donors (Lipinski definition) is 1. The van der Waals surface area contributed by atoms with Crippen molar-refractivity contribution in [2.24, 2.45) is 0 Å². The minimum Gasteiger partial charge on any atom is -0.481 e. The third kappa shape index (κ3) is 3.73. The molecular weight excluding hydrogens is 368 g/mol. The lowest BCUT2D eigenvalue weighted by atomic mass is 10.2. The van der Waals surface area contributed by atoms with Crippen LogP contribution in [0.2, 0.25) is 0 Å². The summed E-state index contributed by atoms with van der Waals surface area (Å²) in [5, 5.41) is 17.2. The summed E-state index contributed by atoms with van der Waals surface area (Å²) in [6.07, 6.45) is -4.45. The topological polar surface area (TPSA) is 83.2 Å². The number of nitrogens with zero attached hydrogens (tertiary/aromatic N) is 2. The highest BCUT2D eigenvalue weighted by molar-refractivity contribution is 14.1. The van der Waals surface area contributed by atoms with E-state index in [0.29, 0.717) is 0 Å². The summed E-state index contributed by atoms with van der Waals surface area (Å²) < 4.78 is 40.1. The van der Waals surface area contributed by atoms with Crippen molar-refractivity contribution in [3.63, 3.8) is 0 Å². The molecule has 0 fully saturated rings. The molecule has 5 nitrogen and oxygen atoms in total.